The summed E-state index contributed by atoms with van der Waals surface area (Å²) in [5.41, 5.74) is 0.933. The Kier molecular flexibility index (Phi) is 2.86. The second-order valence-electron chi connectivity index (χ2n) is 3.62. The molecule has 1 aromatic rings. The monoisotopic (exact) mass is 182 g/mol. The Morgan fingerprint density at radius 2 is 2.00 bits per heavy atom. The van der Waals surface area contributed by atoms with Crippen molar-refractivity contribution in [2.75, 3.05) is 19.0 Å². The number of halogens is 1. The average Bonchev–Trinajstić information content (AvgIpc) is 2.03. The van der Waals surface area contributed by atoms with Gasteiger partial charge in [-0.3, -0.25) is 0 Å². The first kappa shape index (κ1) is 9.96. The van der Waals surface area contributed by atoms with Crippen molar-refractivity contribution in [3.05, 3.63) is 23.6 Å². The van der Waals surface area contributed by atoms with Gasteiger partial charge in [0.15, 0.2) is 11.6 Å². The summed E-state index contributed by atoms with van der Waals surface area (Å²) in [5.74, 6) is 0.457. The predicted molar refractivity (Wildman–Crippen MR) is 52.6 cm³/mol. The van der Waals surface area contributed by atoms with Gasteiger partial charge >= 0.3 is 0 Å². The fourth-order valence-electron chi connectivity index (χ4n) is 1.09. The molecule has 0 bridgehead atoms. The molecule has 1 heterocycles. The number of pyridine rings is 1. The molecule has 0 atom stereocenters. The number of hydrogen-bond donors (Lipinski definition) is 0. The minimum Gasteiger partial charge on any atom is -0.360 e. The quantitative estimate of drug-likeness (QED) is 0.698. The van der Waals surface area contributed by atoms with Gasteiger partial charge in [0.05, 0.1) is 0 Å². The molecule has 0 amide bonds. The third-order valence-electron chi connectivity index (χ3n) is 1.93. The van der Waals surface area contributed by atoms with Gasteiger partial charge in [0.2, 0.25) is 0 Å². The third-order valence-corrected chi connectivity index (χ3v) is 1.93. The highest BCUT2D eigenvalue weighted by Crippen LogP contribution is 2.19. The molecule has 0 radical (unpaired) electrons. The van der Waals surface area contributed by atoms with Crippen molar-refractivity contribution >= 4 is 5.82 Å². The largest absolute Gasteiger partial charge is 0.360 e. The Morgan fingerprint density at radius 3 is 2.38 bits per heavy atom. The third kappa shape index (κ3) is 2.17. The van der Waals surface area contributed by atoms with Crippen molar-refractivity contribution in [3.63, 3.8) is 0 Å². The Hall–Kier alpha value is -1.12. The van der Waals surface area contributed by atoms with Gasteiger partial charge < -0.3 is 4.90 Å². The molecule has 0 fully saturated rings. The summed E-state index contributed by atoms with van der Waals surface area (Å²) < 4.78 is 13.4. The smallest absolute Gasteiger partial charge is 0.165 e. The van der Waals surface area contributed by atoms with Gasteiger partial charge in [-0.2, -0.15) is 0 Å². The molecule has 1 aromatic heterocycles. The van der Waals surface area contributed by atoms with Crippen LogP contribution in [-0.4, -0.2) is 19.1 Å². The van der Waals surface area contributed by atoms with Crippen LogP contribution >= 0.6 is 0 Å². The Balaban J connectivity index is 3.06. The van der Waals surface area contributed by atoms with Crippen molar-refractivity contribution in [1.82, 2.24) is 4.98 Å². The summed E-state index contributed by atoms with van der Waals surface area (Å²) in [6.07, 6.45) is 1.73. The van der Waals surface area contributed by atoms with E-state index in [4.69, 9.17) is 0 Å². The summed E-state index contributed by atoms with van der Waals surface area (Å²) in [6, 6.07) is 1.55. The molecule has 1 rings (SSSR count). The average molecular weight is 182 g/mol. The number of hydrogen-bond acceptors (Lipinski definition) is 2. The number of nitrogens with zero attached hydrogens (tertiary/aromatic N) is 2. The lowest BCUT2D eigenvalue weighted by molar-refractivity contribution is 0.614. The van der Waals surface area contributed by atoms with Gasteiger partial charge in [0.25, 0.3) is 0 Å². The maximum atomic E-state index is 13.4. The van der Waals surface area contributed by atoms with Crippen LogP contribution in [0.3, 0.4) is 0 Å². The van der Waals surface area contributed by atoms with E-state index in [2.05, 4.69) is 4.98 Å². The van der Waals surface area contributed by atoms with Crippen LogP contribution in [0.25, 0.3) is 0 Å². The van der Waals surface area contributed by atoms with Crippen molar-refractivity contribution in [2.45, 2.75) is 19.8 Å². The van der Waals surface area contributed by atoms with Crippen LogP contribution in [0.15, 0.2) is 12.3 Å². The lowest BCUT2D eigenvalue weighted by Gasteiger charge is -2.13. The zero-order chi connectivity index (χ0) is 10.0. The highest BCUT2D eigenvalue weighted by Gasteiger charge is 2.08. The second kappa shape index (κ2) is 3.73. The Labute approximate surface area is 78.4 Å². The van der Waals surface area contributed by atoms with Gasteiger partial charge in [0.1, 0.15) is 0 Å². The van der Waals surface area contributed by atoms with Gasteiger partial charge in [-0.15, -0.1) is 0 Å². The van der Waals surface area contributed by atoms with Gasteiger partial charge in [-0.1, -0.05) is 13.8 Å². The fraction of sp³-hybridized carbons (Fsp3) is 0.500. The molecule has 0 saturated heterocycles. The molecule has 3 heteroatoms. The molecule has 2 nitrogen and oxygen atoms in total. The summed E-state index contributed by atoms with van der Waals surface area (Å²) in [7, 11) is 3.56. The van der Waals surface area contributed by atoms with E-state index in [1.165, 1.54) is 0 Å². The molecular formula is C10H15FN2. The lowest BCUT2D eigenvalue weighted by Crippen LogP contribution is -2.13. The number of aromatic nitrogens is 1. The fourth-order valence-corrected chi connectivity index (χ4v) is 1.09. The minimum absolute atomic E-state index is 0.254. The maximum absolute atomic E-state index is 13.4. The van der Waals surface area contributed by atoms with Crippen LogP contribution in [0.5, 0.6) is 0 Å². The van der Waals surface area contributed by atoms with Gasteiger partial charge in [-0.25, -0.2) is 9.37 Å². The molecule has 0 N–H and O–H groups in total. The Bertz CT molecular complexity index is 295. The van der Waals surface area contributed by atoms with Crippen molar-refractivity contribution in [1.29, 1.82) is 0 Å². The molecule has 0 aromatic carbocycles. The molecule has 13 heavy (non-hydrogen) atoms. The molecule has 0 aliphatic heterocycles. The molecule has 72 valence electrons. The van der Waals surface area contributed by atoms with E-state index in [1.54, 1.807) is 31.3 Å². The molecular weight excluding hydrogens is 167 g/mol. The topological polar surface area (TPSA) is 16.1 Å². The van der Waals surface area contributed by atoms with E-state index in [9.17, 15) is 4.39 Å². The molecule has 0 saturated carbocycles. The summed E-state index contributed by atoms with van der Waals surface area (Å²) in [4.78, 5) is 5.72. The highest BCUT2D eigenvalue weighted by atomic mass is 19.1. The van der Waals surface area contributed by atoms with E-state index in [0.717, 1.165) is 5.56 Å². The van der Waals surface area contributed by atoms with Crippen LogP contribution in [-0.2, 0) is 0 Å². The zero-order valence-electron chi connectivity index (χ0n) is 8.50. The lowest BCUT2D eigenvalue weighted by atomic mass is 10.1. The van der Waals surface area contributed by atoms with Gasteiger partial charge in [-0.05, 0) is 17.5 Å². The first-order valence-electron chi connectivity index (χ1n) is 4.35. The first-order chi connectivity index (χ1) is 6.02. The van der Waals surface area contributed by atoms with E-state index < -0.39 is 0 Å². The van der Waals surface area contributed by atoms with Crippen molar-refractivity contribution in [2.24, 2.45) is 0 Å². The second-order valence-corrected chi connectivity index (χ2v) is 3.62. The van der Waals surface area contributed by atoms with Crippen LogP contribution in [0.1, 0.15) is 25.3 Å². The Morgan fingerprint density at radius 1 is 1.38 bits per heavy atom. The minimum atomic E-state index is -0.254. The standard InChI is InChI=1S/C10H15FN2/c1-7(2)8-5-9(11)10(12-6-8)13(3)4/h5-7H,1-4H3. The van der Waals surface area contributed by atoms with E-state index in [-0.39, 0.29) is 5.82 Å². The molecule has 0 aliphatic rings. The number of rotatable bonds is 2. The highest BCUT2D eigenvalue weighted by molar-refractivity contribution is 5.39. The van der Waals surface area contributed by atoms with E-state index in [1.807, 2.05) is 13.8 Å². The number of anilines is 1. The molecule has 0 unspecified atom stereocenters. The van der Waals surface area contributed by atoms with Crippen molar-refractivity contribution in [3.8, 4) is 0 Å². The zero-order valence-corrected chi connectivity index (χ0v) is 8.50. The maximum Gasteiger partial charge on any atom is 0.165 e. The van der Waals surface area contributed by atoms with Gasteiger partial charge in [0, 0.05) is 20.3 Å². The van der Waals surface area contributed by atoms with E-state index in [0.29, 0.717) is 11.7 Å². The molecule has 0 spiro atoms. The van der Waals surface area contributed by atoms with Crippen LogP contribution in [0, 0.1) is 5.82 Å². The van der Waals surface area contributed by atoms with Crippen LogP contribution in [0.2, 0.25) is 0 Å². The SMILES string of the molecule is CC(C)c1cnc(N(C)C)c(F)c1. The van der Waals surface area contributed by atoms with Crippen LogP contribution < -0.4 is 4.90 Å². The first-order valence-corrected chi connectivity index (χ1v) is 4.35. The summed E-state index contributed by atoms with van der Waals surface area (Å²) in [5, 5.41) is 0. The van der Waals surface area contributed by atoms with Crippen LogP contribution in [0.4, 0.5) is 10.2 Å². The molecule has 0 aliphatic carbocycles. The predicted octanol–water partition coefficient (Wildman–Crippen LogP) is 2.41. The summed E-state index contributed by atoms with van der Waals surface area (Å²) >= 11 is 0. The normalized spacial score (nSPS) is 10.6. The van der Waals surface area contributed by atoms with Crippen molar-refractivity contribution < 1.29 is 4.39 Å². The van der Waals surface area contributed by atoms with E-state index >= 15 is 0 Å². The summed E-state index contributed by atoms with van der Waals surface area (Å²) in [6.45, 7) is 4.04.